The van der Waals surface area contributed by atoms with Gasteiger partial charge in [0, 0.05) is 6.04 Å². The molecule has 1 aromatic rings. The van der Waals surface area contributed by atoms with Crippen molar-refractivity contribution in [3.63, 3.8) is 0 Å². The van der Waals surface area contributed by atoms with Crippen molar-refractivity contribution in [3.8, 4) is 0 Å². The van der Waals surface area contributed by atoms with Gasteiger partial charge in [0.1, 0.15) is 0 Å². The lowest BCUT2D eigenvalue weighted by molar-refractivity contribution is 0.664. The van der Waals surface area contributed by atoms with Crippen LogP contribution in [0, 0.1) is 0 Å². The molecule has 0 saturated heterocycles. The van der Waals surface area contributed by atoms with Crippen LogP contribution in [0.3, 0.4) is 0 Å². The Labute approximate surface area is 83.7 Å². The van der Waals surface area contributed by atoms with Crippen LogP contribution in [0.5, 0.6) is 0 Å². The molecule has 1 heterocycles. The Morgan fingerprint density at radius 1 is 1.67 bits per heavy atom. The molecule has 0 aliphatic heterocycles. The Kier molecular flexibility index (Phi) is 6.07. The molecule has 0 amide bonds. The number of nitrogens with two attached hydrogens (primary N) is 1. The highest BCUT2D eigenvalue weighted by Crippen LogP contribution is 2.18. The zero-order valence-electron chi connectivity index (χ0n) is 6.90. The van der Waals surface area contributed by atoms with Crippen LogP contribution in [0.2, 0.25) is 0 Å². The van der Waals surface area contributed by atoms with Crippen LogP contribution in [0.25, 0.3) is 0 Å². The van der Waals surface area contributed by atoms with Gasteiger partial charge in [0.25, 0.3) is 0 Å². The summed E-state index contributed by atoms with van der Waals surface area (Å²) in [7, 11) is 0. The maximum absolute atomic E-state index is 5.88. The van der Waals surface area contributed by atoms with Gasteiger partial charge in [0.05, 0.1) is 0 Å². The summed E-state index contributed by atoms with van der Waals surface area (Å²) < 4.78 is 0. The van der Waals surface area contributed by atoms with Crippen LogP contribution in [0.4, 0.5) is 0 Å². The second-order valence-corrected chi connectivity index (χ2v) is 3.31. The Bertz CT molecular complexity index is 208. The van der Waals surface area contributed by atoms with Crippen molar-refractivity contribution >= 4 is 23.7 Å². The molecule has 0 radical (unpaired) electrons. The van der Waals surface area contributed by atoms with Crippen molar-refractivity contribution in [2.24, 2.45) is 5.73 Å². The molecule has 0 aliphatic rings. The molecular weight excluding hydrogens is 190 g/mol. The molecule has 1 nitrogen and oxygen atoms in total. The van der Waals surface area contributed by atoms with Crippen molar-refractivity contribution < 1.29 is 0 Å². The van der Waals surface area contributed by atoms with E-state index in [1.165, 1.54) is 5.56 Å². The number of thiophene rings is 1. The van der Waals surface area contributed by atoms with Crippen LogP contribution < -0.4 is 5.73 Å². The fraction of sp³-hybridized carbons (Fsp3) is 0.333. The van der Waals surface area contributed by atoms with E-state index >= 15 is 0 Å². The third-order valence-electron chi connectivity index (χ3n) is 1.65. The van der Waals surface area contributed by atoms with E-state index in [1.54, 1.807) is 11.3 Å². The maximum atomic E-state index is 5.88. The summed E-state index contributed by atoms with van der Waals surface area (Å²) in [6, 6.07) is 2.28. The smallest absolute Gasteiger partial charge is 0.0306 e. The molecule has 12 heavy (non-hydrogen) atoms. The third-order valence-corrected chi connectivity index (χ3v) is 2.35. The summed E-state index contributed by atoms with van der Waals surface area (Å²) in [6.07, 6.45) is 3.91. The lowest BCUT2D eigenvalue weighted by Gasteiger charge is -2.06. The standard InChI is InChI=1S/C9H13NS.ClH/c1-2-3-4-9(10)8-5-6-11-7-8;/h2,5-7,9H,1,3-4,10H2;1H/t9-;/m0./s1. The fourth-order valence-electron chi connectivity index (χ4n) is 0.950. The molecule has 0 unspecified atom stereocenters. The van der Waals surface area contributed by atoms with Crippen molar-refractivity contribution in [2.45, 2.75) is 18.9 Å². The highest BCUT2D eigenvalue weighted by molar-refractivity contribution is 7.07. The van der Waals surface area contributed by atoms with Gasteiger partial charge in [-0.05, 0) is 35.2 Å². The van der Waals surface area contributed by atoms with E-state index in [4.69, 9.17) is 5.73 Å². The summed E-state index contributed by atoms with van der Waals surface area (Å²) in [5.74, 6) is 0. The van der Waals surface area contributed by atoms with Crippen LogP contribution in [-0.4, -0.2) is 0 Å². The summed E-state index contributed by atoms with van der Waals surface area (Å²) in [6.45, 7) is 3.66. The maximum Gasteiger partial charge on any atom is 0.0306 e. The first-order valence-electron chi connectivity index (χ1n) is 3.73. The first-order chi connectivity index (χ1) is 5.34. The molecule has 0 aromatic carbocycles. The number of allylic oxidation sites excluding steroid dienone is 1. The monoisotopic (exact) mass is 203 g/mol. The van der Waals surface area contributed by atoms with Gasteiger partial charge in [-0.25, -0.2) is 0 Å². The minimum absolute atomic E-state index is 0. The van der Waals surface area contributed by atoms with Crippen LogP contribution in [0.15, 0.2) is 29.5 Å². The van der Waals surface area contributed by atoms with Crippen molar-refractivity contribution in [2.75, 3.05) is 0 Å². The second kappa shape index (κ2) is 6.23. The number of rotatable bonds is 4. The van der Waals surface area contributed by atoms with Gasteiger partial charge in [0.2, 0.25) is 0 Å². The molecule has 0 aliphatic carbocycles. The fourth-order valence-corrected chi connectivity index (χ4v) is 1.67. The molecule has 0 bridgehead atoms. The summed E-state index contributed by atoms with van der Waals surface area (Å²) in [4.78, 5) is 0. The van der Waals surface area contributed by atoms with Gasteiger partial charge in [-0.15, -0.1) is 19.0 Å². The summed E-state index contributed by atoms with van der Waals surface area (Å²) in [5, 5.41) is 4.16. The molecule has 68 valence electrons. The van der Waals surface area contributed by atoms with Crippen molar-refractivity contribution in [1.29, 1.82) is 0 Å². The van der Waals surface area contributed by atoms with Crippen molar-refractivity contribution in [3.05, 3.63) is 35.0 Å². The van der Waals surface area contributed by atoms with Gasteiger partial charge in [0.15, 0.2) is 0 Å². The summed E-state index contributed by atoms with van der Waals surface area (Å²) >= 11 is 1.70. The molecule has 1 atom stereocenters. The van der Waals surface area contributed by atoms with Crippen molar-refractivity contribution in [1.82, 2.24) is 0 Å². The Balaban J connectivity index is 0.00000121. The number of hydrogen-bond donors (Lipinski definition) is 1. The first kappa shape index (κ1) is 11.7. The number of hydrogen-bond acceptors (Lipinski definition) is 2. The topological polar surface area (TPSA) is 26.0 Å². The highest BCUT2D eigenvalue weighted by atomic mass is 35.5. The molecule has 0 saturated carbocycles. The molecule has 1 rings (SSSR count). The van der Waals surface area contributed by atoms with E-state index in [1.807, 2.05) is 6.08 Å². The minimum atomic E-state index is 0. The molecule has 0 spiro atoms. The minimum Gasteiger partial charge on any atom is -0.324 e. The third kappa shape index (κ3) is 3.39. The van der Waals surface area contributed by atoms with Crippen LogP contribution >= 0.6 is 23.7 Å². The SMILES string of the molecule is C=CCC[C@H](N)c1ccsc1.Cl. The van der Waals surface area contributed by atoms with E-state index in [2.05, 4.69) is 23.4 Å². The van der Waals surface area contributed by atoms with E-state index in [-0.39, 0.29) is 18.4 Å². The Morgan fingerprint density at radius 3 is 2.92 bits per heavy atom. The Morgan fingerprint density at radius 2 is 2.42 bits per heavy atom. The van der Waals surface area contributed by atoms with E-state index in [0.29, 0.717) is 0 Å². The molecule has 0 fully saturated rings. The van der Waals surface area contributed by atoms with Gasteiger partial charge in [-0.3, -0.25) is 0 Å². The average Bonchev–Trinajstić information content (AvgIpc) is 2.52. The molecular formula is C9H14ClNS. The predicted octanol–water partition coefficient (Wildman–Crippen LogP) is 3.14. The molecule has 1 aromatic heterocycles. The highest BCUT2D eigenvalue weighted by Gasteiger charge is 2.03. The predicted molar refractivity (Wildman–Crippen MR) is 57.9 cm³/mol. The van der Waals surface area contributed by atoms with E-state index < -0.39 is 0 Å². The van der Waals surface area contributed by atoms with E-state index in [9.17, 15) is 0 Å². The quantitative estimate of drug-likeness (QED) is 0.748. The van der Waals surface area contributed by atoms with Gasteiger partial charge in [-0.1, -0.05) is 6.08 Å². The van der Waals surface area contributed by atoms with E-state index in [0.717, 1.165) is 12.8 Å². The molecule has 3 heteroatoms. The van der Waals surface area contributed by atoms with Crippen LogP contribution in [0.1, 0.15) is 24.4 Å². The zero-order valence-corrected chi connectivity index (χ0v) is 8.53. The lowest BCUT2D eigenvalue weighted by Crippen LogP contribution is -2.08. The van der Waals surface area contributed by atoms with Gasteiger partial charge < -0.3 is 5.73 Å². The molecule has 2 N–H and O–H groups in total. The van der Waals surface area contributed by atoms with Gasteiger partial charge >= 0.3 is 0 Å². The first-order valence-corrected chi connectivity index (χ1v) is 4.67. The summed E-state index contributed by atoms with van der Waals surface area (Å²) in [5.41, 5.74) is 7.13. The normalized spacial score (nSPS) is 11.8. The van der Waals surface area contributed by atoms with Gasteiger partial charge in [-0.2, -0.15) is 11.3 Å². The lowest BCUT2D eigenvalue weighted by atomic mass is 10.1. The largest absolute Gasteiger partial charge is 0.324 e. The Hall–Kier alpha value is -0.310. The number of halogens is 1. The second-order valence-electron chi connectivity index (χ2n) is 2.53. The average molecular weight is 204 g/mol. The van der Waals surface area contributed by atoms with Crippen LogP contribution in [-0.2, 0) is 0 Å². The zero-order chi connectivity index (χ0) is 8.10.